The first-order chi connectivity index (χ1) is 13.0. The molecule has 0 atom stereocenters. The number of methoxy groups -OCH3 is 1. The fourth-order valence-electron chi connectivity index (χ4n) is 2.59. The Bertz CT molecular complexity index is 1050. The maximum Gasteiger partial charge on any atom is 0.316 e. The number of esters is 1. The molecule has 140 valence electrons. The molecule has 3 rings (SSSR count). The Morgan fingerprint density at radius 1 is 1.26 bits per heavy atom. The number of thioether (sulfide) groups is 1. The van der Waals surface area contributed by atoms with E-state index in [1.807, 2.05) is 18.2 Å². The minimum atomic E-state index is -0.362. The first-order valence-electron chi connectivity index (χ1n) is 8.19. The van der Waals surface area contributed by atoms with Crippen LogP contribution in [-0.2, 0) is 9.53 Å². The zero-order valence-electron chi connectivity index (χ0n) is 14.8. The van der Waals surface area contributed by atoms with Crippen molar-refractivity contribution in [3.63, 3.8) is 0 Å². The lowest BCUT2D eigenvalue weighted by Crippen LogP contribution is -2.23. The van der Waals surface area contributed by atoms with E-state index in [2.05, 4.69) is 20.9 Å². The van der Waals surface area contributed by atoms with Gasteiger partial charge in [-0.1, -0.05) is 39.8 Å². The van der Waals surface area contributed by atoms with Gasteiger partial charge in [0.15, 0.2) is 5.16 Å². The van der Waals surface area contributed by atoms with E-state index in [0.29, 0.717) is 34.1 Å². The highest BCUT2D eigenvalue weighted by molar-refractivity contribution is 9.10. The Balaban J connectivity index is 2.21. The molecule has 27 heavy (non-hydrogen) atoms. The summed E-state index contributed by atoms with van der Waals surface area (Å²) in [6.45, 7) is 2.05. The number of ether oxygens (including phenoxy) is 2. The molecular weight excluding hydrogens is 432 g/mol. The maximum atomic E-state index is 13.3. The van der Waals surface area contributed by atoms with Crippen LogP contribution >= 0.6 is 27.7 Å². The molecule has 0 radical (unpaired) electrons. The molecule has 8 heteroatoms. The van der Waals surface area contributed by atoms with Crippen molar-refractivity contribution in [3.05, 3.63) is 57.3 Å². The number of hydrogen-bond donors (Lipinski definition) is 0. The number of para-hydroxylation sites is 2. The molecule has 0 bridgehead atoms. The van der Waals surface area contributed by atoms with Crippen LogP contribution < -0.4 is 10.3 Å². The Morgan fingerprint density at radius 3 is 2.78 bits per heavy atom. The molecule has 3 aromatic rings. The zero-order chi connectivity index (χ0) is 19.4. The Morgan fingerprint density at radius 2 is 2.04 bits per heavy atom. The molecule has 1 aromatic heterocycles. The third kappa shape index (κ3) is 4.17. The van der Waals surface area contributed by atoms with Gasteiger partial charge in [-0.3, -0.25) is 14.2 Å². The number of benzene rings is 2. The number of fused-ring (bicyclic) bond motifs is 1. The molecule has 0 aliphatic heterocycles. The Kier molecular flexibility index (Phi) is 6.18. The van der Waals surface area contributed by atoms with Crippen LogP contribution in [0.25, 0.3) is 16.6 Å². The largest absolute Gasteiger partial charge is 0.495 e. The van der Waals surface area contributed by atoms with Gasteiger partial charge in [-0.05, 0) is 37.3 Å². The summed E-state index contributed by atoms with van der Waals surface area (Å²) in [5.41, 5.74) is 0.878. The van der Waals surface area contributed by atoms with Crippen molar-refractivity contribution < 1.29 is 14.3 Å². The van der Waals surface area contributed by atoms with E-state index >= 15 is 0 Å². The van der Waals surface area contributed by atoms with Gasteiger partial charge in [0.1, 0.15) is 5.75 Å². The van der Waals surface area contributed by atoms with Gasteiger partial charge >= 0.3 is 5.97 Å². The van der Waals surface area contributed by atoms with E-state index in [1.54, 1.807) is 38.3 Å². The highest BCUT2D eigenvalue weighted by Crippen LogP contribution is 2.27. The van der Waals surface area contributed by atoms with Gasteiger partial charge in [0.2, 0.25) is 0 Å². The summed E-state index contributed by atoms with van der Waals surface area (Å²) in [7, 11) is 1.54. The highest BCUT2D eigenvalue weighted by atomic mass is 79.9. The Labute approximate surface area is 168 Å². The lowest BCUT2D eigenvalue weighted by molar-refractivity contribution is -0.139. The van der Waals surface area contributed by atoms with E-state index < -0.39 is 0 Å². The maximum absolute atomic E-state index is 13.3. The number of carbonyl (C=O) groups excluding carboxylic acids is 1. The second-order valence-corrected chi connectivity index (χ2v) is 7.32. The van der Waals surface area contributed by atoms with Crippen LogP contribution in [-0.4, -0.2) is 35.0 Å². The van der Waals surface area contributed by atoms with Crippen molar-refractivity contribution >= 4 is 44.6 Å². The molecule has 6 nitrogen and oxygen atoms in total. The number of halogens is 1. The second kappa shape index (κ2) is 8.58. The van der Waals surface area contributed by atoms with Crippen LogP contribution in [0, 0.1) is 0 Å². The first kappa shape index (κ1) is 19.4. The summed E-state index contributed by atoms with van der Waals surface area (Å²) >= 11 is 4.55. The van der Waals surface area contributed by atoms with Gasteiger partial charge in [-0.25, -0.2) is 4.98 Å². The van der Waals surface area contributed by atoms with E-state index in [9.17, 15) is 9.59 Å². The van der Waals surface area contributed by atoms with Crippen molar-refractivity contribution in [2.75, 3.05) is 19.5 Å². The summed E-state index contributed by atoms with van der Waals surface area (Å²) in [6, 6.07) is 12.5. The van der Waals surface area contributed by atoms with Crippen molar-refractivity contribution in [1.29, 1.82) is 0 Å². The van der Waals surface area contributed by atoms with Gasteiger partial charge < -0.3 is 9.47 Å². The predicted octanol–water partition coefficient (Wildman–Crippen LogP) is 3.81. The zero-order valence-corrected chi connectivity index (χ0v) is 17.2. The second-order valence-electron chi connectivity index (χ2n) is 5.46. The summed E-state index contributed by atoms with van der Waals surface area (Å²) in [4.78, 5) is 29.7. The topological polar surface area (TPSA) is 70.4 Å². The van der Waals surface area contributed by atoms with Gasteiger partial charge in [0.25, 0.3) is 5.56 Å². The molecular formula is C19H17BrN2O4S. The van der Waals surface area contributed by atoms with Crippen LogP contribution in [0.2, 0.25) is 0 Å². The SMILES string of the molecule is CCOC(=O)CSc1nc2ccc(Br)cc2c(=O)n1-c1ccccc1OC. The van der Waals surface area contributed by atoms with Crippen LogP contribution in [0.4, 0.5) is 0 Å². The van der Waals surface area contributed by atoms with Gasteiger partial charge in [0.05, 0.1) is 36.1 Å². The van der Waals surface area contributed by atoms with E-state index in [0.717, 1.165) is 16.2 Å². The lowest BCUT2D eigenvalue weighted by atomic mass is 10.2. The Hall–Kier alpha value is -2.32. The molecule has 0 saturated heterocycles. The van der Waals surface area contributed by atoms with Crippen LogP contribution in [0.5, 0.6) is 5.75 Å². The summed E-state index contributed by atoms with van der Waals surface area (Å²) in [5, 5.41) is 0.864. The van der Waals surface area contributed by atoms with Gasteiger partial charge in [0, 0.05) is 4.47 Å². The third-order valence-electron chi connectivity index (χ3n) is 3.75. The molecule has 2 aromatic carbocycles. The number of carbonyl (C=O) groups is 1. The van der Waals surface area contributed by atoms with Crippen LogP contribution in [0.3, 0.4) is 0 Å². The van der Waals surface area contributed by atoms with Crippen molar-refractivity contribution in [2.24, 2.45) is 0 Å². The molecule has 0 unspecified atom stereocenters. The molecule has 0 aliphatic carbocycles. The fourth-order valence-corrected chi connectivity index (χ4v) is 3.75. The summed E-state index contributed by atoms with van der Waals surface area (Å²) < 4.78 is 12.6. The van der Waals surface area contributed by atoms with E-state index in [4.69, 9.17) is 9.47 Å². The molecule has 0 N–H and O–H groups in total. The van der Waals surface area contributed by atoms with Gasteiger partial charge in [-0.15, -0.1) is 0 Å². The molecule has 0 aliphatic rings. The van der Waals surface area contributed by atoms with Crippen molar-refractivity contribution in [1.82, 2.24) is 9.55 Å². The molecule has 0 amide bonds. The van der Waals surface area contributed by atoms with E-state index in [-0.39, 0.29) is 17.3 Å². The number of aromatic nitrogens is 2. The van der Waals surface area contributed by atoms with Crippen LogP contribution in [0.15, 0.2) is 56.9 Å². The minimum Gasteiger partial charge on any atom is -0.495 e. The fraction of sp³-hybridized carbons (Fsp3) is 0.211. The molecule has 0 fully saturated rings. The molecule has 0 spiro atoms. The minimum absolute atomic E-state index is 0.0530. The smallest absolute Gasteiger partial charge is 0.316 e. The quantitative estimate of drug-likeness (QED) is 0.324. The third-order valence-corrected chi connectivity index (χ3v) is 5.16. The van der Waals surface area contributed by atoms with Gasteiger partial charge in [-0.2, -0.15) is 0 Å². The first-order valence-corrected chi connectivity index (χ1v) is 9.97. The molecule has 1 heterocycles. The number of hydrogen-bond acceptors (Lipinski definition) is 6. The van der Waals surface area contributed by atoms with Crippen molar-refractivity contribution in [3.8, 4) is 11.4 Å². The predicted molar refractivity (Wildman–Crippen MR) is 109 cm³/mol. The highest BCUT2D eigenvalue weighted by Gasteiger charge is 2.17. The summed E-state index contributed by atoms with van der Waals surface area (Å²) in [5.74, 6) is 0.227. The number of nitrogens with zero attached hydrogens (tertiary/aromatic N) is 2. The summed E-state index contributed by atoms with van der Waals surface area (Å²) in [6.07, 6.45) is 0. The standard InChI is InChI=1S/C19H17BrN2O4S/c1-3-26-17(23)11-27-19-21-14-9-8-12(20)10-13(14)18(24)22(19)15-6-4-5-7-16(15)25-2/h4-10H,3,11H2,1-2H3. The average molecular weight is 449 g/mol. The normalized spacial score (nSPS) is 10.8. The monoisotopic (exact) mass is 448 g/mol. The van der Waals surface area contributed by atoms with Crippen LogP contribution in [0.1, 0.15) is 6.92 Å². The average Bonchev–Trinajstić information content (AvgIpc) is 2.67. The number of rotatable bonds is 6. The lowest BCUT2D eigenvalue weighted by Gasteiger charge is -2.15. The van der Waals surface area contributed by atoms with Crippen molar-refractivity contribution in [2.45, 2.75) is 12.1 Å². The van der Waals surface area contributed by atoms with E-state index in [1.165, 1.54) is 4.57 Å². The molecule has 0 saturated carbocycles.